The fourth-order valence-electron chi connectivity index (χ4n) is 3.31. The minimum Gasteiger partial charge on any atom is -0.492 e. The van der Waals surface area contributed by atoms with E-state index in [-0.39, 0.29) is 5.91 Å². The number of fused-ring (bicyclic) bond motifs is 2. The second-order valence-corrected chi connectivity index (χ2v) is 8.00. The molecule has 3 heterocycles. The molecule has 0 N–H and O–H groups in total. The molecule has 0 aliphatic carbocycles. The van der Waals surface area contributed by atoms with Crippen LogP contribution in [0.4, 0.5) is 5.13 Å². The number of benzene rings is 1. The summed E-state index contributed by atoms with van der Waals surface area (Å²) in [5.74, 6) is 1.87. The van der Waals surface area contributed by atoms with E-state index in [0.29, 0.717) is 24.1 Å². The maximum atomic E-state index is 13.4. The van der Waals surface area contributed by atoms with Crippen LogP contribution in [-0.2, 0) is 13.0 Å². The van der Waals surface area contributed by atoms with Gasteiger partial charge in [-0.25, -0.2) is 4.98 Å². The SMILES string of the molecule is CCOc1cccc2sc(N(CCN(C)C)C(=O)c3nnc4n3CCC4)nc12. The van der Waals surface area contributed by atoms with Crippen molar-refractivity contribution in [2.75, 3.05) is 38.7 Å². The molecule has 0 bridgehead atoms. The zero-order chi connectivity index (χ0) is 19.7. The standard InChI is InChI=1S/C19H24N6O2S/c1-4-27-13-7-5-8-14-16(13)20-19(28-14)25(12-11-23(2)3)18(26)17-22-21-15-9-6-10-24(15)17/h5,7-8H,4,6,9-12H2,1-3H3. The molecule has 0 saturated carbocycles. The fourth-order valence-corrected chi connectivity index (χ4v) is 4.32. The maximum Gasteiger partial charge on any atom is 0.298 e. The number of amides is 1. The van der Waals surface area contributed by atoms with E-state index in [4.69, 9.17) is 9.72 Å². The molecule has 0 radical (unpaired) electrons. The molecule has 0 unspecified atom stereocenters. The fraction of sp³-hybridized carbons (Fsp3) is 0.474. The van der Waals surface area contributed by atoms with Crippen LogP contribution in [0.5, 0.6) is 5.75 Å². The number of aromatic nitrogens is 4. The van der Waals surface area contributed by atoms with Gasteiger partial charge in [0.1, 0.15) is 17.1 Å². The number of thiazole rings is 1. The van der Waals surface area contributed by atoms with Gasteiger partial charge < -0.3 is 14.2 Å². The summed E-state index contributed by atoms with van der Waals surface area (Å²) < 4.78 is 8.64. The molecule has 2 aromatic heterocycles. The van der Waals surface area contributed by atoms with E-state index in [1.165, 1.54) is 11.3 Å². The van der Waals surface area contributed by atoms with Crippen LogP contribution >= 0.6 is 11.3 Å². The van der Waals surface area contributed by atoms with Crippen LogP contribution in [0.15, 0.2) is 18.2 Å². The Morgan fingerprint density at radius 2 is 2.14 bits per heavy atom. The Balaban J connectivity index is 1.72. The van der Waals surface area contributed by atoms with Crippen molar-refractivity contribution in [2.45, 2.75) is 26.3 Å². The molecule has 3 aromatic rings. The zero-order valence-electron chi connectivity index (χ0n) is 16.4. The molecule has 0 saturated heterocycles. The molecule has 1 aliphatic rings. The maximum absolute atomic E-state index is 13.4. The number of carbonyl (C=O) groups is 1. The summed E-state index contributed by atoms with van der Waals surface area (Å²) in [5, 5.41) is 9.02. The minimum atomic E-state index is -0.153. The van der Waals surface area contributed by atoms with Crippen molar-refractivity contribution >= 4 is 32.6 Å². The highest BCUT2D eigenvalue weighted by atomic mass is 32.1. The zero-order valence-corrected chi connectivity index (χ0v) is 17.2. The van der Waals surface area contributed by atoms with Gasteiger partial charge in [0.05, 0.1) is 11.3 Å². The molecule has 0 fully saturated rings. The lowest BCUT2D eigenvalue weighted by Crippen LogP contribution is -2.38. The van der Waals surface area contributed by atoms with Crippen LogP contribution in [0, 0.1) is 0 Å². The first-order valence-corrected chi connectivity index (χ1v) is 10.3. The molecular weight excluding hydrogens is 376 g/mol. The Morgan fingerprint density at radius 3 is 2.93 bits per heavy atom. The predicted molar refractivity (Wildman–Crippen MR) is 109 cm³/mol. The third-order valence-electron chi connectivity index (χ3n) is 4.72. The number of rotatable bonds is 7. The molecular formula is C19H24N6O2S. The summed E-state index contributed by atoms with van der Waals surface area (Å²) in [4.78, 5) is 21.9. The van der Waals surface area contributed by atoms with Gasteiger partial charge in [-0.1, -0.05) is 17.4 Å². The molecule has 148 valence electrons. The molecule has 4 rings (SSSR count). The largest absolute Gasteiger partial charge is 0.492 e. The van der Waals surface area contributed by atoms with E-state index >= 15 is 0 Å². The van der Waals surface area contributed by atoms with E-state index in [2.05, 4.69) is 10.2 Å². The summed E-state index contributed by atoms with van der Waals surface area (Å²) in [5.41, 5.74) is 0.790. The normalized spacial score (nSPS) is 13.3. The van der Waals surface area contributed by atoms with E-state index in [1.807, 2.05) is 48.7 Å². The van der Waals surface area contributed by atoms with E-state index < -0.39 is 0 Å². The Kier molecular flexibility index (Phi) is 5.27. The van der Waals surface area contributed by atoms with E-state index in [0.717, 1.165) is 47.7 Å². The average Bonchev–Trinajstić information content (AvgIpc) is 3.37. The lowest BCUT2D eigenvalue weighted by Gasteiger charge is -2.21. The average molecular weight is 401 g/mol. The number of hydrogen-bond acceptors (Lipinski definition) is 7. The van der Waals surface area contributed by atoms with Gasteiger partial charge in [-0.2, -0.15) is 0 Å². The summed E-state index contributed by atoms with van der Waals surface area (Å²) in [7, 11) is 3.98. The predicted octanol–water partition coefficient (Wildman–Crippen LogP) is 2.44. The number of anilines is 1. The number of ether oxygens (including phenoxy) is 1. The van der Waals surface area contributed by atoms with Gasteiger partial charge in [-0.15, -0.1) is 10.2 Å². The monoisotopic (exact) mass is 400 g/mol. The van der Waals surface area contributed by atoms with Crippen LogP contribution in [-0.4, -0.2) is 64.3 Å². The minimum absolute atomic E-state index is 0.153. The van der Waals surface area contributed by atoms with Gasteiger partial charge in [-0.05, 0) is 39.6 Å². The van der Waals surface area contributed by atoms with Crippen molar-refractivity contribution in [2.24, 2.45) is 0 Å². The number of para-hydroxylation sites is 1. The number of nitrogens with zero attached hydrogens (tertiary/aromatic N) is 6. The Bertz CT molecular complexity index is 996. The van der Waals surface area contributed by atoms with Gasteiger partial charge in [-0.3, -0.25) is 9.69 Å². The number of likely N-dealkylation sites (N-methyl/N-ethyl adjacent to an activating group) is 1. The Morgan fingerprint density at radius 1 is 1.29 bits per heavy atom. The van der Waals surface area contributed by atoms with Crippen molar-refractivity contribution in [3.8, 4) is 5.75 Å². The van der Waals surface area contributed by atoms with Crippen LogP contribution in [0.25, 0.3) is 10.2 Å². The van der Waals surface area contributed by atoms with E-state index in [9.17, 15) is 4.79 Å². The van der Waals surface area contributed by atoms with Gasteiger partial charge >= 0.3 is 0 Å². The van der Waals surface area contributed by atoms with Gasteiger partial charge in [0.15, 0.2) is 5.13 Å². The van der Waals surface area contributed by atoms with Crippen molar-refractivity contribution in [3.05, 3.63) is 29.8 Å². The van der Waals surface area contributed by atoms with Crippen molar-refractivity contribution < 1.29 is 9.53 Å². The lowest BCUT2D eigenvalue weighted by atomic mass is 10.3. The molecule has 1 amide bonds. The van der Waals surface area contributed by atoms with Crippen molar-refractivity contribution in [1.29, 1.82) is 0 Å². The first-order chi connectivity index (χ1) is 13.6. The topological polar surface area (TPSA) is 76.4 Å². The number of aryl methyl sites for hydroxylation is 1. The van der Waals surface area contributed by atoms with Crippen LogP contribution in [0.2, 0.25) is 0 Å². The van der Waals surface area contributed by atoms with Crippen LogP contribution in [0.1, 0.15) is 29.8 Å². The summed E-state index contributed by atoms with van der Waals surface area (Å²) in [6.07, 6.45) is 1.87. The number of carbonyl (C=O) groups excluding carboxylic acids is 1. The molecule has 9 heteroatoms. The van der Waals surface area contributed by atoms with Crippen molar-refractivity contribution in [3.63, 3.8) is 0 Å². The highest BCUT2D eigenvalue weighted by molar-refractivity contribution is 7.22. The highest BCUT2D eigenvalue weighted by Crippen LogP contribution is 2.34. The summed E-state index contributed by atoms with van der Waals surface area (Å²) in [6, 6.07) is 5.86. The van der Waals surface area contributed by atoms with Crippen LogP contribution in [0.3, 0.4) is 0 Å². The molecule has 1 aliphatic heterocycles. The molecule has 8 nitrogen and oxygen atoms in total. The first kappa shape index (κ1) is 18.8. The van der Waals surface area contributed by atoms with Gasteiger partial charge in [0.2, 0.25) is 5.82 Å². The summed E-state index contributed by atoms with van der Waals surface area (Å²) >= 11 is 1.49. The Labute approximate surface area is 167 Å². The second-order valence-electron chi connectivity index (χ2n) is 6.99. The van der Waals surface area contributed by atoms with Gasteiger partial charge in [0, 0.05) is 26.1 Å². The van der Waals surface area contributed by atoms with Crippen LogP contribution < -0.4 is 9.64 Å². The molecule has 0 spiro atoms. The van der Waals surface area contributed by atoms with Gasteiger partial charge in [0.25, 0.3) is 5.91 Å². The van der Waals surface area contributed by atoms with Crippen molar-refractivity contribution in [1.82, 2.24) is 24.6 Å². The lowest BCUT2D eigenvalue weighted by molar-refractivity contribution is 0.0971. The molecule has 1 aromatic carbocycles. The summed E-state index contributed by atoms with van der Waals surface area (Å²) in [6.45, 7) is 4.56. The second kappa shape index (κ2) is 7.84. The quantitative estimate of drug-likeness (QED) is 0.606. The first-order valence-electron chi connectivity index (χ1n) is 9.49. The number of hydrogen-bond donors (Lipinski definition) is 0. The van der Waals surface area contributed by atoms with E-state index in [1.54, 1.807) is 4.90 Å². The highest BCUT2D eigenvalue weighted by Gasteiger charge is 2.29. The smallest absolute Gasteiger partial charge is 0.298 e. The molecule has 28 heavy (non-hydrogen) atoms. The third kappa shape index (κ3) is 3.47. The Hall–Kier alpha value is -2.52. The molecule has 0 atom stereocenters. The third-order valence-corrected chi connectivity index (χ3v) is 5.76.